The number of rotatable bonds is 2. The van der Waals surface area contributed by atoms with E-state index in [2.05, 4.69) is 10.3 Å². The van der Waals surface area contributed by atoms with Gasteiger partial charge in [-0.2, -0.15) is 0 Å². The van der Waals surface area contributed by atoms with Gasteiger partial charge in [0.25, 0.3) is 5.91 Å². The number of aryl methyl sites for hydroxylation is 1. The highest BCUT2D eigenvalue weighted by Gasteiger charge is 2.24. The quantitative estimate of drug-likeness (QED) is 0.820. The molecule has 0 saturated carbocycles. The molecule has 1 aromatic rings. The number of carbonyl (C=O) groups excluding carboxylic acids is 1. The van der Waals surface area contributed by atoms with E-state index in [1.54, 1.807) is 0 Å². The van der Waals surface area contributed by atoms with E-state index in [9.17, 15) is 4.79 Å². The summed E-state index contributed by atoms with van der Waals surface area (Å²) in [6.07, 6.45) is 2.86. The molecule has 0 aliphatic carbocycles. The van der Waals surface area contributed by atoms with Gasteiger partial charge in [-0.3, -0.25) is 4.79 Å². The summed E-state index contributed by atoms with van der Waals surface area (Å²) in [6.45, 7) is 3.84. The maximum atomic E-state index is 12.1. The predicted octanol–water partition coefficient (Wildman–Crippen LogP) is 1.18. The van der Waals surface area contributed by atoms with Gasteiger partial charge in [-0.15, -0.1) is 12.4 Å². The molecule has 0 spiro atoms. The van der Waals surface area contributed by atoms with E-state index >= 15 is 0 Å². The number of aromatic nitrogens is 1. The minimum Gasteiger partial charge on any atom is -0.365 e. The summed E-state index contributed by atoms with van der Waals surface area (Å²) in [6, 6.07) is 2.18. The molecule has 0 aromatic carbocycles. The fourth-order valence-electron chi connectivity index (χ4n) is 2.01. The van der Waals surface area contributed by atoms with E-state index in [1.807, 2.05) is 31.1 Å². The van der Waals surface area contributed by atoms with Gasteiger partial charge < -0.3 is 15.2 Å². The van der Waals surface area contributed by atoms with Gasteiger partial charge in [-0.05, 0) is 26.0 Å². The second kappa shape index (κ2) is 5.37. The van der Waals surface area contributed by atoms with E-state index in [4.69, 9.17) is 0 Å². The van der Waals surface area contributed by atoms with Crippen LogP contribution in [0.2, 0.25) is 0 Å². The number of hydrogen-bond acceptors (Lipinski definition) is 2. The molecular weight excluding hydrogens is 226 g/mol. The molecule has 0 radical (unpaired) electrons. The normalized spacial score (nSPS) is 19.2. The van der Waals surface area contributed by atoms with Crippen LogP contribution in [-0.4, -0.2) is 42.0 Å². The van der Waals surface area contributed by atoms with Gasteiger partial charge in [0.15, 0.2) is 0 Å². The number of halogens is 1. The van der Waals surface area contributed by atoms with Gasteiger partial charge in [0, 0.05) is 31.5 Å². The van der Waals surface area contributed by atoms with Crippen LogP contribution in [0.3, 0.4) is 0 Å². The van der Waals surface area contributed by atoms with Crippen molar-refractivity contribution in [3.63, 3.8) is 0 Å². The number of amides is 1. The summed E-state index contributed by atoms with van der Waals surface area (Å²) in [7, 11) is 1.88. The van der Waals surface area contributed by atoms with Crippen LogP contribution >= 0.6 is 12.4 Å². The molecule has 1 fully saturated rings. The zero-order chi connectivity index (χ0) is 10.8. The van der Waals surface area contributed by atoms with Gasteiger partial charge in [0.2, 0.25) is 0 Å². The summed E-state index contributed by atoms with van der Waals surface area (Å²) in [5, 5.41) is 3.27. The van der Waals surface area contributed by atoms with Crippen molar-refractivity contribution in [2.45, 2.75) is 19.4 Å². The number of aromatic amines is 1. The summed E-state index contributed by atoms with van der Waals surface area (Å²) < 4.78 is 0. The lowest BCUT2D eigenvalue weighted by atomic mass is 10.1. The topological polar surface area (TPSA) is 48.1 Å². The number of hydrogen-bond donors (Lipinski definition) is 2. The summed E-state index contributed by atoms with van der Waals surface area (Å²) in [5.41, 5.74) is 1.72. The van der Waals surface area contributed by atoms with Crippen molar-refractivity contribution in [1.82, 2.24) is 15.2 Å². The maximum Gasteiger partial charge on any atom is 0.255 e. The Morgan fingerprint density at radius 3 is 2.81 bits per heavy atom. The second-order valence-corrected chi connectivity index (χ2v) is 4.08. The molecule has 90 valence electrons. The van der Waals surface area contributed by atoms with Crippen LogP contribution in [0.4, 0.5) is 0 Å². The third-order valence-corrected chi connectivity index (χ3v) is 3.09. The zero-order valence-corrected chi connectivity index (χ0v) is 10.4. The Morgan fingerprint density at radius 2 is 2.31 bits per heavy atom. The molecule has 2 heterocycles. The molecular formula is C11H18ClN3O. The highest BCUT2D eigenvalue weighted by molar-refractivity contribution is 5.95. The van der Waals surface area contributed by atoms with Gasteiger partial charge in [0.1, 0.15) is 0 Å². The Labute approximate surface area is 102 Å². The van der Waals surface area contributed by atoms with Crippen LogP contribution in [0.5, 0.6) is 0 Å². The Hall–Kier alpha value is -1.00. The average molecular weight is 244 g/mol. The van der Waals surface area contributed by atoms with Crippen molar-refractivity contribution in [3.8, 4) is 0 Å². The average Bonchev–Trinajstić information content (AvgIpc) is 2.85. The lowest BCUT2D eigenvalue weighted by molar-refractivity contribution is 0.0743. The van der Waals surface area contributed by atoms with Crippen LogP contribution in [-0.2, 0) is 0 Å². The largest absolute Gasteiger partial charge is 0.365 e. The van der Waals surface area contributed by atoms with Crippen molar-refractivity contribution in [1.29, 1.82) is 0 Å². The first-order valence-electron chi connectivity index (χ1n) is 5.32. The van der Waals surface area contributed by atoms with Crippen LogP contribution in [0, 0.1) is 6.92 Å². The van der Waals surface area contributed by atoms with Crippen LogP contribution < -0.4 is 5.32 Å². The Balaban J connectivity index is 0.00000128. The molecule has 0 bridgehead atoms. The Morgan fingerprint density at radius 1 is 1.56 bits per heavy atom. The van der Waals surface area contributed by atoms with Gasteiger partial charge in [0.05, 0.1) is 5.56 Å². The number of carbonyl (C=O) groups is 1. The first kappa shape index (κ1) is 13.1. The number of nitrogens with one attached hydrogen (secondary N) is 2. The zero-order valence-electron chi connectivity index (χ0n) is 9.62. The van der Waals surface area contributed by atoms with Crippen molar-refractivity contribution in [2.24, 2.45) is 0 Å². The van der Waals surface area contributed by atoms with Crippen molar-refractivity contribution in [2.75, 3.05) is 20.1 Å². The predicted molar refractivity (Wildman–Crippen MR) is 66.1 cm³/mol. The fourth-order valence-corrected chi connectivity index (χ4v) is 2.01. The number of H-pyrrole nitrogens is 1. The van der Waals surface area contributed by atoms with E-state index in [-0.39, 0.29) is 18.3 Å². The Kier molecular flexibility index (Phi) is 4.38. The molecule has 1 aromatic heterocycles. The minimum absolute atomic E-state index is 0. The Bertz CT molecular complexity index is 358. The molecule has 1 aliphatic heterocycles. The van der Waals surface area contributed by atoms with E-state index in [0.717, 1.165) is 30.8 Å². The smallest absolute Gasteiger partial charge is 0.255 e. The molecule has 1 atom stereocenters. The van der Waals surface area contributed by atoms with Crippen LogP contribution in [0.25, 0.3) is 0 Å². The monoisotopic (exact) mass is 243 g/mol. The maximum absolute atomic E-state index is 12.1. The number of likely N-dealkylation sites (N-methyl/N-ethyl adjacent to an activating group) is 1. The molecule has 1 unspecified atom stereocenters. The molecule has 5 heteroatoms. The fraction of sp³-hybridized carbons (Fsp3) is 0.545. The van der Waals surface area contributed by atoms with Crippen LogP contribution in [0.1, 0.15) is 22.5 Å². The summed E-state index contributed by atoms with van der Waals surface area (Å²) in [4.78, 5) is 17.0. The molecule has 1 saturated heterocycles. The molecule has 16 heavy (non-hydrogen) atoms. The van der Waals surface area contributed by atoms with Crippen molar-refractivity contribution in [3.05, 3.63) is 23.5 Å². The van der Waals surface area contributed by atoms with Gasteiger partial charge in [-0.25, -0.2) is 0 Å². The second-order valence-electron chi connectivity index (χ2n) is 4.08. The molecule has 4 nitrogen and oxygen atoms in total. The van der Waals surface area contributed by atoms with Gasteiger partial charge in [-0.1, -0.05) is 0 Å². The standard InChI is InChI=1S/C11H17N3O.ClH/c1-8-10(4-6-13-8)11(15)14(2)9-3-5-12-7-9;/h4,6,9,12-13H,3,5,7H2,1-2H3;1H. The third kappa shape index (κ3) is 2.39. The highest BCUT2D eigenvalue weighted by atomic mass is 35.5. The molecule has 1 aliphatic rings. The molecule has 1 amide bonds. The van der Waals surface area contributed by atoms with E-state index in [0.29, 0.717) is 6.04 Å². The third-order valence-electron chi connectivity index (χ3n) is 3.09. The molecule has 2 rings (SSSR count). The van der Waals surface area contributed by atoms with Crippen LogP contribution in [0.15, 0.2) is 12.3 Å². The first-order valence-corrected chi connectivity index (χ1v) is 5.32. The first-order chi connectivity index (χ1) is 7.20. The summed E-state index contributed by atoms with van der Waals surface area (Å²) in [5.74, 6) is 0.113. The van der Waals surface area contributed by atoms with Crippen molar-refractivity contribution >= 4 is 18.3 Å². The highest BCUT2D eigenvalue weighted by Crippen LogP contribution is 2.13. The van der Waals surface area contributed by atoms with E-state index < -0.39 is 0 Å². The lowest BCUT2D eigenvalue weighted by Crippen LogP contribution is -2.38. The SMILES string of the molecule is Cc1[nH]ccc1C(=O)N(C)C1CCNC1.Cl. The van der Waals surface area contributed by atoms with Gasteiger partial charge >= 0.3 is 0 Å². The molecule has 2 N–H and O–H groups in total. The minimum atomic E-state index is 0. The lowest BCUT2D eigenvalue weighted by Gasteiger charge is -2.23. The summed E-state index contributed by atoms with van der Waals surface area (Å²) >= 11 is 0. The van der Waals surface area contributed by atoms with Crippen molar-refractivity contribution < 1.29 is 4.79 Å². The van der Waals surface area contributed by atoms with E-state index in [1.165, 1.54) is 0 Å². The number of nitrogens with zero attached hydrogens (tertiary/aromatic N) is 1.